The number of ether oxygens (including phenoxy) is 1. The Balaban J connectivity index is 2.01. The first-order chi connectivity index (χ1) is 10.9. The minimum Gasteiger partial charge on any atom is -0.484 e. The second-order valence-electron chi connectivity index (χ2n) is 5.03. The van der Waals surface area contributed by atoms with Crippen LogP contribution in [0, 0.1) is 13.8 Å². The van der Waals surface area contributed by atoms with Crippen molar-refractivity contribution in [3.63, 3.8) is 0 Å². The van der Waals surface area contributed by atoms with E-state index in [4.69, 9.17) is 21.4 Å². The van der Waals surface area contributed by atoms with Crippen molar-refractivity contribution in [1.82, 2.24) is 0 Å². The number of carboxylic acid groups (broad SMARTS) is 1. The molecule has 23 heavy (non-hydrogen) atoms. The molecule has 0 aromatic heterocycles. The van der Waals surface area contributed by atoms with Crippen LogP contribution >= 0.6 is 11.6 Å². The van der Waals surface area contributed by atoms with Crippen molar-refractivity contribution in [2.75, 3.05) is 11.9 Å². The molecule has 2 rings (SSSR count). The van der Waals surface area contributed by atoms with Gasteiger partial charge in [-0.05, 0) is 55.3 Å². The maximum atomic E-state index is 12.0. The van der Waals surface area contributed by atoms with E-state index in [2.05, 4.69) is 5.32 Å². The molecule has 0 aliphatic rings. The van der Waals surface area contributed by atoms with Gasteiger partial charge in [-0.15, -0.1) is 0 Å². The number of amides is 1. The molecule has 0 heterocycles. The molecular weight excluding hydrogens is 318 g/mol. The Morgan fingerprint density at radius 2 is 1.96 bits per heavy atom. The van der Waals surface area contributed by atoms with Gasteiger partial charge in [-0.3, -0.25) is 4.79 Å². The second kappa shape index (κ2) is 7.15. The number of hydrogen-bond acceptors (Lipinski definition) is 3. The molecule has 5 nitrogen and oxygen atoms in total. The number of nitrogens with one attached hydrogen (secondary N) is 1. The largest absolute Gasteiger partial charge is 0.484 e. The fourth-order valence-corrected chi connectivity index (χ4v) is 2.16. The van der Waals surface area contributed by atoms with Crippen molar-refractivity contribution in [2.45, 2.75) is 13.8 Å². The van der Waals surface area contributed by atoms with Gasteiger partial charge >= 0.3 is 5.97 Å². The molecule has 0 aliphatic heterocycles. The molecule has 2 N–H and O–H groups in total. The third-order valence-corrected chi connectivity index (χ3v) is 3.76. The smallest absolute Gasteiger partial charge is 0.336 e. The molecule has 0 atom stereocenters. The zero-order valence-corrected chi connectivity index (χ0v) is 13.5. The Morgan fingerprint density at radius 1 is 1.22 bits per heavy atom. The van der Waals surface area contributed by atoms with E-state index in [0.717, 1.165) is 5.56 Å². The predicted molar refractivity (Wildman–Crippen MR) is 88.5 cm³/mol. The highest BCUT2D eigenvalue weighted by molar-refractivity contribution is 6.31. The quantitative estimate of drug-likeness (QED) is 0.875. The molecule has 0 spiro atoms. The van der Waals surface area contributed by atoms with Crippen molar-refractivity contribution in [3.05, 3.63) is 58.1 Å². The Labute approximate surface area is 138 Å². The number of carboxylic acids is 1. The van der Waals surface area contributed by atoms with E-state index in [1.165, 1.54) is 6.07 Å². The Bertz CT molecular complexity index is 758. The van der Waals surface area contributed by atoms with Gasteiger partial charge in [0.2, 0.25) is 0 Å². The summed E-state index contributed by atoms with van der Waals surface area (Å²) in [5.74, 6) is -0.868. The first-order valence-corrected chi connectivity index (χ1v) is 7.28. The minimum absolute atomic E-state index is 0.150. The molecule has 0 saturated carbocycles. The standard InChI is InChI=1S/C17H16ClNO4/c1-10-8-12(6-7-14(10)18)23-9-16(20)19-15-5-3-4-13(11(15)2)17(21)22/h3-8H,9H2,1-2H3,(H,19,20)(H,21,22). The Kier molecular flexibility index (Phi) is 5.24. The van der Waals surface area contributed by atoms with Gasteiger partial charge in [-0.25, -0.2) is 4.79 Å². The Hall–Kier alpha value is -2.53. The molecule has 0 unspecified atom stereocenters. The number of hydrogen-bond donors (Lipinski definition) is 2. The van der Waals surface area contributed by atoms with E-state index in [0.29, 0.717) is 22.0 Å². The summed E-state index contributed by atoms with van der Waals surface area (Å²) in [6, 6.07) is 9.83. The van der Waals surface area contributed by atoms with Crippen LogP contribution in [0.3, 0.4) is 0 Å². The lowest BCUT2D eigenvalue weighted by atomic mass is 10.1. The highest BCUT2D eigenvalue weighted by atomic mass is 35.5. The van der Waals surface area contributed by atoms with E-state index in [-0.39, 0.29) is 18.1 Å². The van der Waals surface area contributed by atoms with Crippen LogP contribution in [0.4, 0.5) is 5.69 Å². The first-order valence-electron chi connectivity index (χ1n) is 6.90. The molecule has 1 amide bonds. The topological polar surface area (TPSA) is 75.6 Å². The van der Waals surface area contributed by atoms with E-state index >= 15 is 0 Å². The van der Waals surface area contributed by atoms with Gasteiger partial charge in [0.05, 0.1) is 5.56 Å². The number of carbonyl (C=O) groups excluding carboxylic acids is 1. The third-order valence-electron chi connectivity index (χ3n) is 3.34. The SMILES string of the molecule is Cc1cc(OCC(=O)Nc2cccc(C(=O)O)c2C)ccc1Cl. The number of benzene rings is 2. The molecule has 0 bridgehead atoms. The van der Waals surface area contributed by atoms with Gasteiger partial charge < -0.3 is 15.2 Å². The second-order valence-corrected chi connectivity index (χ2v) is 5.44. The summed E-state index contributed by atoms with van der Waals surface area (Å²) in [6.45, 7) is 3.30. The maximum absolute atomic E-state index is 12.0. The van der Waals surface area contributed by atoms with Gasteiger partial charge in [0.25, 0.3) is 5.91 Å². The van der Waals surface area contributed by atoms with Crippen molar-refractivity contribution in [2.24, 2.45) is 0 Å². The monoisotopic (exact) mass is 333 g/mol. The number of aryl methyl sites for hydroxylation is 1. The average molecular weight is 334 g/mol. The van der Waals surface area contributed by atoms with E-state index < -0.39 is 5.97 Å². The van der Waals surface area contributed by atoms with Crippen LogP contribution in [-0.4, -0.2) is 23.6 Å². The highest BCUT2D eigenvalue weighted by Crippen LogP contribution is 2.21. The zero-order chi connectivity index (χ0) is 17.0. The van der Waals surface area contributed by atoms with Gasteiger partial charge in [0.15, 0.2) is 6.61 Å². The van der Waals surface area contributed by atoms with Gasteiger partial charge in [0.1, 0.15) is 5.75 Å². The summed E-state index contributed by atoms with van der Waals surface area (Å²) in [5.41, 5.74) is 1.95. The molecule has 0 saturated heterocycles. The molecule has 120 valence electrons. The molecule has 0 fully saturated rings. The average Bonchev–Trinajstić information content (AvgIpc) is 2.50. The van der Waals surface area contributed by atoms with Crippen LogP contribution in [0.15, 0.2) is 36.4 Å². The number of rotatable bonds is 5. The highest BCUT2D eigenvalue weighted by Gasteiger charge is 2.12. The van der Waals surface area contributed by atoms with Crippen LogP contribution in [0.25, 0.3) is 0 Å². The fourth-order valence-electron chi connectivity index (χ4n) is 2.04. The molecule has 0 aliphatic carbocycles. The summed E-state index contributed by atoms with van der Waals surface area (Å²) in [6.07, 6.45) is 0. The molecule has 2 aromatic carbocycles. The van der Waals surface area contributed by atoms with Gasteiger partial charge in [0, 0.05) is 10.7 Å². The normalized spacial score (nSPS) is 10.2. The minimum atomic E-state index is -1.04. The van der Waals surface area contributed by atoms with Crippen LogP contribution < -0.4 is 10.1 Å². The van der Waals surface area contributed by atoms with E-state index in [9.17, 15) is 9.59 Å². The lowest BCUT2D eigenvalue weighted by Crippen LogP contribution is -2.21. The maximum Gasteiger partial charge on any atom is 0.336 e. The third kappa shape index (κ3) is 4.23. The summed E-state index contributed by atoms with van der Waals surface area (Å²) in [5, 5.41) is 12.4. The molecule has 2 aromatic rings. The van der Waals surface area contributed by atoms with Crippen molar-refractivity contribution in [3.8, 4) is 5.75 Å². The summed E-state index contributed by atoms with van der Waals surface area (Å²) in [4.78, 5) is 23.0. The van der Waals surface area contributed by atoms with Crippen LogP contribution in [0.5, 0.6) is 5.75 Å². The van der Waals surface area contributed by atoms with E-state index in [1.807, 2.05) is 6.92 Å². The number of aromatic carboxylic acids is 1. The van der Waals surface area contributed by atoms with Crippen LogP contribution in [-0.2, 0) is 4.79 Å². The lowest BCUT2D eigenvalue weighted by Gasteiger charge is -2.11. The van der Waals surface area contributed by atoms with Gasteiger partial charge in [-0.2, -0.15) is 0 Å². The molecule has 6 heteroatoms. The predicted octanol–water partition coefficient (Wildman–Crippen LogP) is 3.67. The first kappa shape index (κ1) is 16.8. The summed E-state index contributed by atoms with van der Waals surface area (Å²) >= 11 is 5.93. The van der Waals surface area contributed by atoms with Gasteiger partial charge in [-0.1, -0.05) is 17.7 Å². The summed E-state index contributed by atoms with van der Waals surface area (Å²) < 4.78 is 5.41. The number of anilines is 1. The number of halogens is 1. The van der Waals surface area contributed by atoms with Crippen molar-refractivity contribution in [1.29, 1.82) is 0 Å². The van der Waals surface area contributed by atoms with Crippen molar-refractivity contribution >= 4 is 29.2 Å². The Morgan fingerprint density at radius 3 is 2.61 bits per heavy atom. The van der Waals surface area contributed by atoms with Crippen LogP contribution in [0.1, 0.15) is 21.5 Å². The zero-order valence-electron chi connectivity index (χ0n) is 12.7. The number of carbonyl (C=O) groups is 2. The molecule has 0 radical (unpaired) electrons. The lowest BCUT2D eigenvalue weighted by molar-refractivity contribution is -0.118. The van der Waals surface area contributed by atoms with E-state index in [1.54, 1.807) is 37.3 Å². The summed E-state index contributed by atoms with van der Waals surface area (Å²) in [7, 11) is 0. The molecular formula is C17H16ClNO4. The van der Waals surface area contributed by atoms with Crippen LogP contribution in [0.2, 0.25) is 5.02 Å². The fraction of sp³-hybridized carbons (Fsp3) is 0.176. The van der Waals surface area contributed by atoms with Crippen molar-refractivity contribution < 1.29 is 19.4 Å².